The fraction of sp³-hybridized carbons (Fsp3) is 0.423. The SMILES string of the molecule is C#CCn1ncc2ccc(Nc3ncc(N4CCCCC4)c(NC(C)/C(=C/C)CC)n3)cc21. The summed E-state index contributed by atoms with van der Waals surface area (Å²) in [5.41, 5.74) is 4.31. The number of hydrogen-bond acceptors (Lipinski definition) is 6. The highest BCUT2D eigenvalue weighted by Crippen LogP contribution is 2.30. The topological polar surface area (TPSA) is 70.9 Å². The fourth-order valence-corrected chi connectivity index (χ4v) is 4.46. The number of terminal acetylenes is 1. The van der Waals surface area contributed by atoms with Gasteiger partial charge in [-0.2, -0.15) is 10.1 Å². The molecule has 1 aliphatic rings. The van der Waals surface area contributed by atoms with Gasteiger partial charge in [0.05, 0.1) is 23.6 Å². The first-order valence-corrected chi connectivity index (χ1v) is 11.8. The van der Waals surface area contributed by atoms with Crippen LogP contribution in [0.3, 0.4) is 0 Å². The lowest BCUT2D eigenvalue weighted by molar-refractivity contribution is 0.577. The Morgan fingerprint density at radius 1 is 1.24 bits per heavy atom. The Labute approximate surface area is 196 Å². The average molecular weight is 444 g/mol. The van der Waals surface area contributed by atoms with E-state index >= 15 is 0 Å². The number of benzene rings is 1. The molecule has 3 aromatic rings. The van der Waals surface area contributed by atoms with Crippen LogP contribution in [0.4, 0.5) is 23.1 Å². The number of fused-ring (bicyclic) bond motifs is 1. The number of allylic oxidation sites excluding steroid dienone is 1. The molecule has 2 N–H and O–H groups in total. The molecular formula is C26H33N7. The molecule has 0 saturated carbocycles. The predicted octanol–water partition coefficient (Wildman–Crippen LogP) is 5.35. The molecule has 3 heterocycles. The Bertz CT molecular complexity index is 1170. The zero-order chi connectivity index (χ0) is 23.2. The minimum absolute atomic E-state index is 0.195. The predicted molar refractivity (Wildman–Crippen MR) is 137 cm³/mol. The van der Waals surface area contributed by atoms with Crippen LogP contribution in [0.15, 0.2) is 42.2 Å². The molecule has 33 heavy (non-hydrogen) atoms. The maximum atomic E-state index is 5.48. The molecule has 4 rings (SSSR count). The molecule has 7 heteroatoms. The van der Waals surface area contributed by atoms with Gasteiger partial charge in [-0.25, -0.2) is 4.98 Å². The van der Waals surface area contributed by atoms with Crippen LogP contribution in [0.5, 0.6) is 0 Å². The molecular weight excluding hydrogens is 410 g/mol. The van der Waals surface area contributed by atoms with Crippen molar-refractivity contribution < 1.29 is 0 Å². The van der Waals surface area contributed by atoms with Crippen molar-refractivity contribution in [2.45, 2.75) is 59.0 Å². The van der Waals surface area contributed by atoms with Gasteiger partial charge >= 0.3 is 0 Å². The lowest BCUT2D eigenvalue weighted by Gasteiger charge is -2.31. The summed E-state index contributed by atoms with van der Waals surface area (Å²) in [7, 11) is 0. The van der Waals surface area contributed by atoms with E-state index < -0.39 is 0 Å². The van der Waals surface area contributed by atoms with Crippen LogP contribution in [0.25, 0.3) is 10.9 Å². The zero-order valence-electron chi connectivity index (χ0n) is 19.8. The molecule has 172 valence electrons. The van der Waals surface area contributed by atoms with Crippen molar-refractivity contribution in [3.05, 3.63) is 42.2 Å². The Morgan fingerprint density at radius 3 is 2.79 bits per heavy atom. The average Bonchev–Trinajstić information content (AvgIpc) is 3.23. The van der Waals surface area contributed by atoms with Gasteiger partial charge in [-0.15, -0.1) is 6.42 Å². The summed E-state index contributed by atoms with van der Waals surface area (Å²) in [6.45, 7) is 8.99. The maximum Gasteiger partial charge on any atom is 0.229 e. The zero-order valence-corrected chi connectivity index (χ0v) is 19.8. The minimum Gasteiger partial charge on any atom is -0.367 e. The van der Waals surface area contributed by atoms with Crippen LogP contribution < -0.4 is 15.5 Å². The van der Waals surface area contributed by atoms with Gasteiger partial charge in [-0.05, 0) is 57.7 Å². The smallest absolute Gasteiger partial charge is 0.229 e. The van der Waals surface area contributed by atoms with Crippen LogP contribution in [-0.4, -0.2) is 38.9 Å². The fourth-order valence-electron chi connectivity index (χ4n) is 4.46. The third kappa shape index (κ3) is 5.11. The molecule has 1 saturated heterocycles. The van der Waals surface area contributed by atoms with E-state index in [1.165, 1.54) is 24.8 Å². The monoisotopic (exact) mass is 443 g/mol. The second kappa shape index (κ2) is 10.4. The first-order chi connectivity index (χ1) is 16.1. The number of hydrogen-bond donors (Lipinski definition) is 2. The molecule has 0 radical (unpaired) electrons. The highest BCUT2D eigenvalue weighted by atomic mass is 15.3. The highest BCUT2D eigenvalue weighted by molar-refractivity contribution is 5.83. The first-order valence-electron chi connectivity index (χ1n) is 11.8. The van der Waals surface area contributed by atoms with E-state index in [0.29, 0.717) is 12.5 Å². The van der Waals surface area contributed by atoms with Gasteiger partial charge in [0.2, 0.25) is 5.95 Å². The van der Waals surface area contributed by atoms with E-state index in [4.69, 9.17) is 11.4 Å². The Balaban J connectivity index is 1.64. The second-order valence-corrected chi connectivity index (χ2v) is 8.46. The molecule has 1 aliphatic heterocycles. The molecule has 1 aromatic carbocycles. The number of piperidine rings is 1. The van der Waals surface area contributed by atoms with Crippen molar-refractivity contribution in [3.63, 3.8) is 0 Å². The standard InChI is InChI=1S/C26H33N7/c1-5-13-33-23-16-22(12-11-21(23)17-28-33)30-26-27-18-24(32-14-9-8-10-15-32)25(31-26)29-19(4)20(6-2)7-3/h1,6,11-12,16-19H,7-10,13-15H2,2-4H3,(H2,27,29,30,31)/b20-6+. The summed E-state index contributed by atoms with van der Waals surface area (Å²) < 4.78 is 1.82. The van der Waals surface area contributed by atoms with Crippen LogP contribution in [0.1, 0.15) is 46.5 Å². The third-order valence-corrected chi connectivity index (χ3v) is 6.30. The Morgan fingerprint density at radius 2 is 2.06 bits per heavy atom. The summed E-state index contributed by atoms with van der Waals surface area (Å²) in [4.78, 5) is 12.0. The van der Waals surface area contributed by atoms with Crippen molar-refractivity contribution in [3.8, 4) is 12.3 Å². The van der Waals surface area contributed by atoms with Crippen LogP contribution in [-0.2, 0) is 6.54 Å². The van der Waals surface area contributed by atoms with Crippen molar-refractivity contribution >= 4 is 34.0 Å². The summed E-state index contributed by atoms with van der Waals surface area (Å²) in [6, 6.07) is 6.27. The molecule has 1 atom stereocenters. The van der Waals surface area contributed by atoms with Crippen molar-refractivity contribution in [2.24, 2.45) is 0 Å². The quantitative estimate of drug-likeness (QED) is 0.361. The third-order valence-electron chi connectivity index (χ3n) is 6.30. The molecule has 0 amide bonds. The van der Waals surface area contributed by atoms with Gasteiger partial charge in [0.15, 0.2) is 5.82 Å². The maximum absolute atomic E-state index is 5.48. The van der Waals surface area contributed by atoms with Gasteiger partial charge < -0.3 is 15.5 Å². The lowest BCUT2D eigenvalue weighted by atomic mass is 10.1. The van der Waals surface area contributed by atoms with E-state index in [2.05, 4.69) is 58.4 Å². The van der Waals surface area contributed by atoms with E-state index in [1.54, 1.807) is 0 Å². The summed E-state index contributed by atoms with van der Waals surface area (Å²) in [5, 5.41) is 12.4. The first kappa shape index (κ1) is 22.7. The number of rotatable bonds is 8. The summed E-state index contributed by atoms with van der Waals surface area (Å²) >= 11 is 0. The number of anilines is 4. The molecule has 7 nitrogen and oxygen atoms in total. The van der Waals surface area contributed by atoms with Gasteiger partial charge in [0.25, 0.3) is 0 Å². The number of nitrogens with zero attached hydrogens (tertiary/aromatic N) is 5. The Hall–Kier alpha value is -3.53. The minimum atomic E-state index is 0.195. The largest absolute Gasteiger partial charge is 0.367 e. The van der Waals surface area contributed by atoms with Crippen molar-refractivity contribution in [1.82, 2.24) is 19.7 Å². The van der Waals surface area contributed by atoms with E-state index in [9.17, 15) is 0 Å². The van der Waals surface area contributed by atoms with E-state index in [-0.39, 0.29) is 6.04 Å². The van der Waals surface area contributed by atoms with Gasteiger partial charge in [-0.3, -0.25) is 4.68 Å². The van der Waals surface area contributed by atoms with Crippen LogP contribution in [0.2, 0.25) is 0 Å². The van der Waals surface area contributed by atoms with Crippen molar-refractivity contribution in [2.75, 3.05) is 28.6 Å². The van der Waals surface area contributed by atoms with Crippen LogP contribution in [0, 0.1) is 12.3 Å². The molecule has 2 aromatic heterocycles. The molecule has 1 unspecified atom stereocenters. The van der Waals surface area contributed by atoms with E-state index in [0.717, 1.165) is 47.6 Å². The Kier molecular flexibility index (Phi) is 7.13. The molecule has 0 spiro atoms. The van der Waals surface area contributed by atoms with Gasteiger partial charge in [-0.1, -0.05) is 24.5 Å². The molecule has 0 aliphatic carbocycles. The second-order valence-electron chi connectivity index (χ2n) is 8.46. The molecule has 0 bridgehead atoms. The van der Waals surface area contributed by atoms with Crippen molar-refractivity contribution in [1.29, 1.82) is 0 Å². The normalized spacial score (nSPS) is 15.3. The molecule has 1 fully saturated rings. The van der Waals surface area contributed by atoms with Crippen LogP contribution >= 0.6 is 0 Å². The van der Waals surface area contributed by atoms with E-state index in [1.807, 2.05) is 35.3 Å². The van der Waals surface area contributed by atoms with Gasteiger partial charge in [0, 0.05) is 30.2 Å². The summed E-state index contributed by atoms with van der Waals surface area (Å²) in [6.07, 6.45) is 16.1. The summed E-state index contributed by atoms with van der Waals surface area (Å²) in [5.74, 6) is 4.08. The number of nitrogens with one attached hydrogen (secondary N) is 2. The van der Waals surface area contributed by atoms with Gasteiger partial charge in [0.1, 0.15) is 6.54 Å². The lowest BCUT2D eigenvalue weighted by Crippen LogP contribution is -2.31. The number of aromatic nitrogens is 4. The highest BCUT2D eigenvalue weighted by Gasteiger charge is 2.19.